The first-order chi connectivity index (χ1) is 6.54. The molecular weight excluding hydrogens is 272 g/mol. The molecule has 0 saturated heterocycles. The van der Waals surface area contributed by atoms with E-state index in [1.165, 1.54) is 12.1 Å². The molecule has 1 unspecified atom stereocenters. The van der Waals surface area contributed by atoms with Gasteiger partial charge in [0.25, 0.3) is 0 Å². The van der Waals surface area contributed by atoms with Gasteiger partial charge in [-0.25, -0.2) is 0 Å². The summed E-state index contributed by atoms with van der Waals surface area (Å²) in [6.45, 7) is 0. The zero-order valence-corrected chi connectivity index (χ0v) is 9.58. The Kier molecular flexibility index (Phi) is 4.43. The number of hydrogen-bond acceptors (Lipinski definition) is 4. The van der Waals surface area contributed by atoms with Crippen LogP contribution in [0, 0.1) is 0 Å². The maximum absolute atomic E-state index is 10.7. The van der Waals surface area contributed by atoms with Gasteiger partial charge in [0, 0.05) is 6.07 Å². The fourth-order valence-corrected chi connectivity index (χ4v) is 1.61. The van der Waals surface area contributed by atoms with Gasteiger partial charge in [0.15, 0.2) is 5.75 Å². The molecule has 1 aromatic rings. The van der Waals surface area contributed by atoms with Crippen molar-refractivity contribution in [2.75, 3.05) is 0 Å². The Morgan fingerprint density at radius 1 is 1.14 bits per heavy atom. The van der Waals surface area contributed by atoms with Crippen LogP contribution in [0.1, 0.15) is 0 Å². The van der Waals surface area contributed by atoms with Gasteiger partial charge < -0.3 is 4.18 Å². The van der Waals surface area contributed by atoms with Crippen molar-refractivity contribution in [3.05, 3.63) is 27.2 Å². The fraction of sp³-hybridized carbons (Fsp3) is 0. The van der Waals surface area contributed by atoms with E-state index in [1.54, 1.807) is 0 Å². The van der Waals surface area contributed by atoms with E-state index < -0.39 is 11.4 Å². The Morgan fingerprint density at radius 3 is 2.29 bits per heavy atom. The van der Waals surface area contributed by atoms with E-state index >= 15 is 0 Å². The number of benzene rings is 1. The van der Waals surface area contributed by atoms with E-state index in [0.717, 1.165) is 0 Å². The third-order valence-corrected chi connectivity index (χ3v) is 2.70. The van der Waals surface area contributed by atoms with Crippen molar-refractivity contribution in [1.82, 2.24) is 0 Å². The van der Waals surface area contributed by atoms with Crippen LogP contribution in [0.4, 0.5) is 0 Å². The normalized spacial score (nSPS) is 12.6. The molecule has 78 valence electrons. The molecule has 0 aromatic heterocycles. The second-order valence-electron chi connectivity index (χ2n) is 2.08. The molecule has 1 aromatic carbocycles. The molecule has 0 aliphatic rings. The molecule has 0 radical (unpaired) electrons. The lowest BCUT2D eigenvalue weighted by atomic mass is 10.3. The van der Waals surface area contributed by atoms with Gasteiger partial charge in [0.05, 0.1) is 15.1 Å². The predicted octanol–water partition coefficient (Wildman–Crippen LogP) is 2.49. The van der Waals surface area contributed by atoms with Crippen LogP contribution in [-0.4, -0.2) is 4.21 Å². The topological polar surface area (TPSA) is 61.5 Å². The highest BCUT2D eigenvalue weighted by molar-refractivity contribution is 7.75. The SMILES string of the molecule is NOS(=O)Oc1cc(Cl)c(Cl)cc1Cl. The van der Waals surface area contributed by atoms with E-state index in [0.29, 0.717) is 0 Å². The maximum Gasteiger partial charge on any atom is 0.377 e. The minimum atomic E-state index is -2.11. The highest BCUT2D eigenvalue weighted by atomic mass is 35.5. The van der Waals surface area contributed by atoms with Crippen molar-refractivity contribution in [2.45, 2.75) is 0 Å². The van der Waals surface area contributed by atoms with Gasteiger partial charge in [-0.15, -0.1) is 0 Å². The number of hydrogen-bond donors (Lipinski definition) is 1. The van der Waals surface area contributed by atoms with E-state index in [-0.39, 0.29) is 20.8 Å². The first-order valence-electron chi connectivity index (χ1n) is 3.16. The molecule has 0 aliphatic heterocycles. The van der Waals surface area contributed by atoms with Crippen molar-refractivity contribution in [1.29, 1.82) is 0 Å². The molecule has 1 atom stereocenters. The largest absolute Gasteiger partial charge is 0.377 e. The van der Waals surface area contributed by atoms with Gasteiger partial charge in [-0.1, -0.05) is 34.8 Å². The van der Waals surface area contributed by atoms with E-state index in [4.69, 9.17) is 34.8 Å². The lowest BCUT2D eigenvalue weighted by molar-refractivity contribution is 0.324. The Morgan fingerprint density at radius 2 is 1.71 bits per heavy atom. The monoisotopic (exact) mass is 275 g/mol. The predicted molar refractivity (Wildman–Crippen MR) is 55.5 cm³/mol. The molecule has 0 aliphatic carbocycles. The third-order valence-electron chi connectivity index (χ3n) is 1.21. The molecule has 0 fully saturated rings. The molecule has 14 heavy (non-hydrogen) atoms. The minimum Gasteiger partial charge on any atom is -0.377 e. The maximum atomic E-state index is 10.7. The molecule has 4 nitrogen and oxygen atoms in total. The lowest BCUT2D eigenvalue weighted by Crippen LogP contribution is -2.09. The Bertz CT molecular complexity index is 374. The molecule has 2 N–H and O–H groups in total. The Hall–Kier alpha value is -0.0400. The summed E-state index contributed by atoms with van der Waals surface area (Å²) in [4.78, 5) is 0. The smallest absolute Gasteiger partial charge is 0.377 e. The average Bonchev–Trinajstić information content (AvgIpc) is 2.14. The highest BCUT2D eigenvalue weighted by Gasteiger charge is 2.10. The Balaban J connectivity index is 2.98. The fourth-order valence-electron chi connectivity index (χ4n) is 0.661. The summed E-state index contributed by atoms with van der Waals surface area (Å²) in [7, 11) is 0. The summed E-state index contributed by atoms with van der Waals surface area (Å²) in [5.74, 6) is 4.68. The summed E-state index contributed by atoms with van der Waals surface area (Å²) in [6, 6.07) is 2.66. The van der Waals surface area contributed by atoms with Crippen LogP contribution < -0.4 is 10.1 Å². The summed E-state index contributed by atoms with van der Waals surface area (Å²) >= 11 is 14.9. The van der Waals surface area contributed by atoms with Gasteiger partial charge in [0.1, 0.15) is 0 Å². The van der Waals surface area contributed by atoms with E-state index in [2.05, 4.69) is 14.4 Å². The lowest BCUT2D eigenvalue weighted by Gasteiger charge is -2.05. The molecule has 1 rings (SSSR count). The van der Waals surface area contributed by atoms with Crippen LogP contribution in [-0.2, 0) is 15.6 Å². The molecule has 0 heterocycles. The first kappa shape index (κ1) is 12.0. The van der Waals surface area contributed by atoms with Crippen molar-refractivity contribution in [3.63, 3.8) is 0 Å². The minimum absolute atomic E-state index is 0.0739. The molecule has 8 heteroatoms. The van der Waals surface area contributed by atoms with Crippen molar-refractivity contribution >= 4 is 46.2 Å². The quantitative estimate of drug-likeness (QED) is 0.680. The van der Waals surface area contributed by atoms with E-state index in [9.17, 15) is 4.21 Å². The number of halogens is 3. The Labute approximate surface area is 97.7 Å². The number of rotatable bonds is 3. The van der Waals surface area contributed by atoms with Gasteiger partial charge in [-0.2, -0.15) is 14.4 Å². The van der Waals surface area contributed by atoms with Crippen molar-refractivity contribution < 1.29 is 12.7 Å². The third kappa shape index (κ3) is 2.98. The van der Waals surface area contributed by atoms with Gasteiger partial charge in [-0.3, -0.25) is 0 Å². The van der Waals surface area contributed by atoms with Crippen molar-refractivity contribution in [3.8, 4) is 5.75 Å². The zero-order chi connectivity index (χ0) is 10.7. The second kappa shape index (κ2) is 5.16. The molecular formula is C6H4Cl3NO3S. The first-order valence-corrected chi connectivity index (χ1v) is 5.30. The highest BCUT2D eigenvalue weighted by Crippen LogP contribution is 2.34. The van der Waals surface area contributed by atoms with Gasteiger partial charge >= 0.3 is 11.4 Å². The van der Waals surface area contributed by atoms with Crippen LogP contribution >= 0.6 is 34.8 Å². The van der Waals surface area contributed by atoms with Crippen LogP contribution in [0.5, 0.6) is 5.75 Å². The molecule has 0 saturated carbocycles. The summed E-state index contributed by atoms with van der Waals surface area (Å²) in [5.41, 5.74) is 0. The van der Waals surface area contributed by atoms with Crippen LogP contribution in [0.3, 0.4) is 0 Å². The van der Waals surface area contributed by atoms with E-state index in [1.807, 2.05) is 0 Å². The van der Waals surface area contributed by atoms with Gasteiger partial charge in [0.2, 0.25) is 0 Å². The summed E-state index contributed by atoms with van der Waals surface area (Å²) < 4.78 is 19.3. The zero-order valence-electron chi connectivity index (χ0n) is 6.50. The summed E-state index contributed by atoms with van der Waals surface area (Å²) in [6.07, 6.45) is 0. The van der Waals surface area contributed by atoms with Crippen molar-refractivity contribution in [2.24, 2.45) is 5.90 Å². The average molecular weight is 277 g/mol. The van der Waals surface area contributed by atoms with Gasteiger partial charge in [-0.05, 0) is 6.07 Å². The molecule has 0 amide bonds. The van der Waals surface area contributed by atoms with Crippen LogP contribution in [0.2, 0.25) is 15.1 Å². The van der Waals surface area contributed by atoms with Crippen LogP contribution in [0.15, 0.2) is 12.1 Å². The second-order valence-corrected chi connectivity index (χ2v) is 4.07. The standard InChI is InChI=1S/C6H4Cl3NO3S/c7-3-1-5(9)6(2-4(3)8)12-14(11)13-10/h1-2H,10H2. The molecule has 0 spiro atoms. The number of nitrogens with two attached hydrogens (primary N) is 1. The summed E-state index contributed by atoms with van der Waals surface area (Å²) in [5, 5.41) is 0.647. The molecule has 0 bridgehead atoms. The van der Waals surface area contributed by atoms with Crippen LogP contribution in [0.25, 0.3) is 0 Å².